The second kappa shape index (κ2) is 6.12. The van der Waals surface area contributed by atoms with Gasteiger partial charge in [0.05, 0.1) is 16.3 Å². The summed E-state index contributed by atoms with van der Waals surface area (Å²) in [5.41, 5.74) is 0.174. The van der Waals surface area contributed by atoms with Crippen LogP contribution in [0.4, 0.5) is 0 Å². The van der Waals surface area contributed by atoms with Crippen molar-refractivity contribution in [2.75, 3.05) is 12.3 Å². The fourth-order valence-electron chi connectivity index (χ4n) is 1.01. The van der Waals surface area contributed by atoms with Crippen LogP contribution in [0.25, 0.3) is 0 Å². The van der Waals surface area contributed by atoms with Gasteiger partial charge in [-0.1, -0.05) is 11.8 Å². The maximum absolute atomic E-state index is 11.2. The highest BCUT2D eigenvalue weighted by Crippen LogP contribution is 2.15. The Morgan fingerprint density at radius 1 is 1.56 bits per heavy atom. The normalized spacial score (nSPS) is 9.81. The molecule has 0 aliphatic rings. The molecule has 0 saturated carbocycles. The van der Waals surface area contributed by atoms with Gasteiger partial charge < -0.3 is 10.4 Å². The van der Waals surface area contributed by atoms with Crippen LogP contribution >= 0.6 is 11.8 Å². The summed E-state index contributed by atoms with van der Waals surface area (Å²) in [5.74, 6) is -0.846. The number of aromatic carboxylic acids is 1. The molecule has 0 atom stereocenters. The first-order chi connectivity index (χ1) is 7.63. The third-order valence-corrected chi connectivity index (χ3v) is 2.63. The number of nitrogens with one attached hydrogen (secondary N) is 1. The van der Waals surface area contributed by atoms with Gasteiger partial charge in [-0.2, -0.15) is 0 Å². The van der Waals surface area contributed by atoms with Crippen LogP contribution < -0.4 is 5.32 Å². The first kappa shape index (κ1) is 12.5. The van der Waals surface area contributed by atoms with Crippen LogP contribution in [-0.2, 0) is 4.79 Å². The Hall–Kier alpha value is -1.56. The molecule has 1 heterocycles. The smallest absolute Gasteiger partial charge is 0.335 e. The molecule has 0 saturated heterocycles. The van der Waals surface area contributed by atoms with E-state index in [0.29, 0.717) is 11.6 Å². The predicted octanol–water partition coefficient (Wildman–Crippen LogP) is 1.01. The van der Waals surface area contributed by atoms with Crippen molar-refractivity contribution in [3.63, 3.8) is 0 Å². The Bertz CT molecular complexity index is 395. The Labute approximate surface area is 97.3 Å². The lowest BCUT2D eigenvalue weighted by Gasteiger charge is -2.02. The van der Waals surface area contributed by atoms with E-state index in [1.165, 1.54) is 30.1 Å². The van der Waals surface area contributed by atoms with E-state index in [2.05, 4.69) is 10.3 Å². The summed E-state index contributed by atoms with van der Waals surface area (Å²) >= 11 is 1.21. The highest BCUT2D eigenvalue weighted by Gasteiger charge is 2.06. The highest BCUT2D eigenvalue weighted by molar-refractivity contribution is 7.99. The minimum absolute atomic E-state index is 0.0879. The molecule has 86 valence electrons. The number of rotatable bonds is 5. The van der Waals surface area contributed by atoms with Gasteiger partial charge in [0.1, 0.15) is 0 Å². The van der Waals surface area contributed by atoms with Crippen molar-refractivity contribution in [1.29, 1.82) is 0 Å². The van der Waals surface area contributed by atoms with Crippen molar-refractivity contribution in [3.05, 3.63) is 23.9 Å². The molecule has 1 amide bonds. The molecule has 0 fully saturated rings. The summed E-state index contributed by atoms with van der Waals surface area (Å²) in [4.78, 5) is 25.8. The van der Waals surface area contributed by atoms with Gasteiger partial charge in [-0.05, 0) is 19.1 Å². The topological polar surface area (TPSA) is 79.3 Å². The molecule has 0 unspecified atom stereocenters. The average Bonchev–Trinajstić information content (AvgIpc) is 2.27. The first-order valence-electron chi connectivity index (χ1n) is 4.72. The molecule has 6 heteroatoms. The average molecular weight is 240 g/mol. The summed E-state index contributed by atoms with van der Waals surface area (Å²) in [5, 5.41) is 11.9. The van der Waals surface area contributed by atoms with Gasteiger partial charge in [0.2, 0.25) is 5.91 Å². The lowest BCUT2D eigenvalue weighted by atomic mass is 10.3. The number of amides is 1. The minimum Gasteiger partial charge on any atom is -0.478 e. The van der Waals surface area contributed by atoms with Crippen LogP contribution in [-0.4, -0.2) is 34.3 Å². The van der Waals surface area contributed by atoms with Crippen molar-refractivity contribution in [2.24, 2.45) is 0 Å². The molecular weight excluding hydrogens is 228 g/mol. The fourth-order valence-corrected chi connectivity index (χ4v) is 1.74. The zero-order chi connectivity index (χ0) is 12.0. The molecule has 0 radical (unpaired) electrons. The number of thioether (sulfide) groups is 1. The molecule has 1 aromatic rings. The molecule has 0 aromatic carbocycles. The van der Waals surface area contributed by atoms with Gasteiger partial charge in [-0.3, -0.25) is 4.79 Å². The van der Waals surface area contributed by atoms with Crippen molar-refractivity contribution >= 4 is 23.6 Å². The summed E-state index contributed by atoms with van der Waals surface area (Å²) in [6.45, 7) is 2.42. The third-order valence-electron chi connectivity index (χ3n) is 1.71. The lowest BCUT2D eigenvalue weighted by Crippen LogP contribution is -2.24. The number of carbonyl (C=O) groups is 2. The molecular formula is C10H12N2O3S. The molecule has 0 bridgehead atoms. The molecule has 5 nitrogen and oxygen atoms in total. The quantitative estimate of drug-likeness (QED) is 0.751. The Morgan fingerprint density at radius 3 is 2.94 bits per heavy atom. The molecule has 0 spiro atoms. The van der Waals surface area contributed by atoms with E-state index in [4.69, 9.17) is 5.11 Å². The second-order valence-electron chi connectivity index (χ2n) is 2.93. The number of pyridine rings is 1. The van der Waals surface area contributed by atoms with Crippen molar-refractivity contribution < 1.29 is 14.7 Å². The van der Waals surface area contributed by atoms with Crippen LogP contribution in [0.15, 0.2) is 23.4 Å². The molecule has 16 heavy (non-hydrogen) atoms. The first-order valence-corrected chi connectivity index (χ1v) is 5.71. The number of carbonyl (C=O) groups excluding carboxylic acids is 1. The zero-order valence-electron chi connectivity index (χ0n) is 8.77. The molecule has 2 N–H and O–H groups in total. The molecule has 1 aromatic heterocycles. The lowest BCUT2D eigenvalue weighted by molar-refractivity contribution is -0.118. The Balaban J connectivity index is 2.57. The SMILES string of the molecule is CCNC(=O)CSc1cc(C(=O)O)ccn1. The Morgan fingerprint density at radius 2 is 2.31 bits per heavy atom. The number of hydrogen-bond donors (Lipinski definition) is 2. The number of carboxylic acids is 1. The Kier molecular flexibility index (Phi) is 4.78. The summed E-state index contributed by atoms with van der Waals surface area (Å²) in [7, 11) is 0. The number of nitrogens with zero attached hydrogens (tertiary/aromatic N) is 1. The number of carboxylic acid groups (broad SMARTS) is 1. The zero-order valence-corrected chi connectivity index (χ0v) is 9.58. The van der Waals surface area contributed by atoms with Gasteiger partial charge in [-0.25, -0.2) is 9.78 Å². The van der Waals surface area contributed by atoms with E-state index in [0.717, 1.165) is 0 Å². The summed E-state index contributed by atoms with van der Waals surface area (Å²) in [6, 6.07) is 2.87. The maximum atomic E-state index is 11.2. The van der Waals surface area contributed by atoms with E-state index in [1.807, 2.05) is 6.92 Å². The predicted molar refractivity (Wildman–Crippen MR) is 60.6 cm³/mol. The molecule has 0 aliphatic heterocycles. The fraction of sp³-hybridized carbons (Fsp3) is 0.300. The van der Waals surface area contributed by atoms with Crippen molar-refractivity contribution in [2.45, 2.75) is 11.9 Å². The molecule has 0 aliphatic carbocycles. The van der Waals surface area contributed by atoms with Crippen LogP contribution in [0, 0.1) is 0 Å². The van der Waals surface area contributed by atoms with Crippen molar-refractivity contribution in [1.82, 2.24) is 10.3 Å². The van der Waals surface area contributed by atoms with Gasteiger partial charge in [-0.15, -0.1) is 0 Å². The van der Waals surface area contributed by atoms with Gasteiger partial charge in [0.15, 0.2) is 0 Å². The standard InChI is InChI=1S/C10H12N2O3S/c1-2-11-8(13)6-16-9-5-7(10(14)15)3-4-12-9/h3-5H,2,6H2,1H3,(H,11,13)(H,14,15). The van der Waals surface area contributed by atoms with Crippen LogP contribution in [0.1, 0.15) is 17.3 Å². The van der Waals surface area contributed by atoms with E-state index in [9.17, 15) is 9.59 Å². The number of hydrogen-bond acceptors (Lipinski definition) is 4. The van der Waals surface area contributed by atoms with Gasteiger partial charge >= 0.3 is 5.97 Å². The van der Waals surface area contributed by atoms with E-state index < -0.39 is 5.97 Å². The van der Waals surface area contributed by atoms with E-state index in [-0.39, 0.29) is 17.2 Å². The summed E-state index contributed by atoms with van der Waals surface area (Å²) in [6.07, 6.45) is 1.42. The van der Waals surface area contributed by atoms with Crippen LogP contribution in [0.2, 0.25) is 0 Å². The molecule has 1 rings (SSSR count). The minimum atomic E-state index is -0.998. The third kappa shape index (κ3) is 3.90. The highest BCUT2D eigenvalue weighted by atomic mass is 32.2. The maximum Gasteiger partial charge on any atom is 0.335 e. The van der Waals surface area contributed by atoms with Crippen LogP contribution in [0.3, 0.4) is 0 Å². The van der Waals surface area contributed by atoms with E-state index >= 15 is 0 Å². The second-order valence-corrected chi connectivity index (χ2v) is 3.93. The summed E-state index contributed by atoms with van der Waals surface area (Å²) < 4.78 is 0. The largest absolute Gasteiger partial charge is 0.478 e. The van der Waals surface area contributed by atoms with E-state index in [1.54, 1.807) is 0 Å². The van der Waals surface area contributed by atoms with Crippen molar-refractivity contribution in [3.8, 4) is 0 Å². The van der Waals surface area contributed by atoms with Crippen LogP contribution in [0.5, 0.6) is 0 Å². The number of aromatic nitrogens is 1. The monoisotopic (exact) mass is 240 g/mol. The van der Waals surface area contributed by atoms with Gasteiger partial charge in [0, 0.05) is 12.7 Å². The van der Waals surface area contributed by atoms with Gasteiger partial charge in [0.25, 0.3) is 0 Å².